The number of hydrogen-bond acceptors (Lipinski definition) is 3. The Hall–Kier alpha value is -1.26. The molecular weight excluding hydrogens is 324 g/mol. The van der Waals surface area contributed by atoms with Gasteiger partial charge in [-0.1, -0.05) is 6.42 Å². The van der Waals surface area contributed by atoms with Crippen molar-refractivity contribution in [1.29, 1.82) is 0 Å². The second kappa shape index (κ2) is 9.28. The third-order valence-electron chi connectivity index (χ3n) is 5.07. The minimum atomic E-state index is 0. The van der Waals surface area contributed by atoms with Crippen molar-refractivity contribution in [2.75, 3.05) is 20.1 Å². The van der Waals surface area contributed by atoms with Gasteiger partial charge in [-0.3, -0.25) is 4.79 Å². The van der Waals surface area contributed by atoms with Crippen LogP contribution in [0.15, 0.2) is 24.3 Å². The van der Waals surface area contributed by atoms with E-state index in [1.54, 1.807) is 0 Å². The van der Waals surface area contributed by atoms with E-state index in [2.05, 4.69) is 5.32 Å². The van der Waals surface area contributed by atoms with Gasteiger partial charge < -0.3 is 15.0 Å². The van der Waals surface area contributed by atoms with Crippen molar-refractivity contribution in [3.63, 3.8) is 0 Å². The minimum absolute atomic E-state index is 0. The van der Waals surface area contributed by atoms with E-state index in [1.165, 1.54) is 19.3 Å². The Balaban J connectivity index is 0.00000208. The molecule has 1 aliphatic carbocycles. The van der Waals surface area contributed by atoms with Gasteiger partial charge in [-0.25, -0.2) is 0 Å². The highest BCUT2D eigenvalue weighted by atomic mass is 35.5. The van der Waals surface area contributed by atoms with E-state index < -0.39 is 0 Å². The van der Waals surface area contributed by atoms with Crippen molar-refractivity contribution in [2.45, 2.75) is 57.1 Å². The fourth-order valence-electron chi connectivity index (χ4n) is 3.63. The maximum atomic E-state index is 12.6. The van der Waals surface area contributed by atoms with Gasteiger partial charge in [-0.05, 0) is 69.8 Å². The van der Waals surface area contributed by atoms with E-state index >= 15 is 0 Å². The van der Waals surface area contributed by atoms with E-state index in [4.69, 9.17) is 4.74 Å². The van der Waals surface area contributed by atoms with E-state index in [1.807, 2.05) is 36.2 Å². The number of ether oxygens (including phenoxy) is 1. The largest absolute Gasteiger partial charge is 0.490 e. The molecule has 1 unspecified atom stereocenters. The molecule has 3 rings (SSSR count). The molecule has 0 aromatic heterocycles. The van der Waals surface area contributed by atoms with Gasteiger partial charge in [0.2, 0.25) is 0 Å². The molecule has 1 aromatic rings. The van der Waals surface area contributed by atoms with Gasteiger partial charge in [0, 0.05) is 24.7 Å². The summed E-state index contributed by atoms with van der Waals surface area (Å²) < 4.78 is 6.04. The van der Waals surface area contributed by atoms with Crippen LogP contribution in [0.4, 0.5) is 0 Å². The lowest BCUT2D eigenvalue weighted by atomic mass is 9.98. The van der Waals surface area contributed by atoms with Gasteiger partial charge >= 0.3 is 0 Å². The van der Waals surface area contributed by atoms with Crippen molar-refractivity contribution in [1.82, 2.24) is 10.2 Å². The number of likely N-dealkylation sites (tertiary alicyclic amines) is 1. The highest BCUT2D eigenvalue weighted by molar-refractivity contribution is 5.94. The predicted octanol–water partition coefficient (Wildman–Crippen LogP) is 3.64. The van der Waals surface area contributed by atoms with Crippen molar-refractivity contribution in [3.05, 3.63) is 29.8 Å². The number of carbonyl (C=O) groups is 1. The van der Waals surface area contributed by atoms with Crippen LogP contribution in [0.5, 0.6) is 5.75 Å². The van der Waals surface area contributed by atoms with Gasteiger partial charge in [0.25, 0.3) is 5.91 Å². The van der Waals surface area contributed by atoms with E-state index in [0.717, 1.165) is 50.1 Å². The average Bonchev–Trinajstić information content (AvgIpc) is 2.63. The highest BCUT2D eigenvalue weighted by Crippen LogP contribution is 2.24. The zero-order valence-electron chi connectivity index (χ0n) is 14.5. The molecule has 1 atom stereocenters. The highest BCUT2D eigenvalue weighted by Gasteiger charge is 2.23. The van der Waals surface area contributed by atoms with E-state index in [0.29, 0.717) is 12.1 Å². The maximum Gasteiger partial charge on any atom is 0.253 e. The summed E-state index contributed by atoms with van der Waals surface area (Å²) in [7, 11) is 1.97. The predicted molar refractivity (Wildman–Crippen MR) is 99.2 cm³/mol. The molecule has 5 heteroatoms. The third kappa shape index (κ3) is 4.87. The molecule has 4 nitrogen and oxygen atoms in total. The molecular formula is C19H29ClN2O2. The quantitative estimate of drug-likeness (QED) is 0.899. The molecule has 2 aliphatic rings. The van der Waals surface area contributed by atoms with Crippen molar-refractivity contribution in [3.8, 4) is 5.75 Å². The number of rotatable bonds is 4. The molecule has 1 saturated carbocycles. The molecule has 0 radical (unpaired) electrons. The number of nitrogens with one attached hydrogen (secondary N) is 1. The number of amides is 1. The topological polar surface area (TPSA) is 41.6 Å². The molecule has 1 N–H and O–H groups in total. The van der Waals surface area contributed by atoms with Crippen LogP contribution in [0.1, 0.15) is 55.3 Å². The van der Waals surface area contributed by atoms with Crippen LogP contribution in [-0.2, 0) is 0 Å². The Labute approximate surface area is 151 Å². The molecule has 134 valence electrons. The smallest absolute Gasteiger partial charge is 0.253 e. The summed E-state index contributed by atoms with van der Waals surface area (Å²) in [6, 6.07) is 8.12. The van der Waals surface area contributed by atoms with Crippen LogP contribution in [0, 0.1) is 0 Å². The zero-order valence-corrected chi connectivity index (χ0v) is 15.3. The first-order valence-corrected chi connectivity index (χ1v) is 8.99. The number of benzene rings is 1. The third-order valence-corrected chi connectivity index (χ3v) is 5.07. The van der Waals surface area contributed by atoms with E-state index in [-0.39, 0.29) is 18.3 Å². The lowest BCUT2D eigenvalue weighted by Crippen LogP contribution is -2.46. The number of hydrogen-bond donors (Lipinski definition) is 1. The summed E-state index contributed by atoms with van der Waals surface area (Å²) in [5.74, 6) is 1.02. The van der Waals surface area contributed by atoms with Crippen LogP contribution >= 0.6 is 12.4 Å². The standard InChI is InChI=1S/C19H28N2O2.ClH/c1-20-16-6-5-13-21(14-16)19(22)15-9-11-18(12-10-15)23-17-7-3-2-4-8-17;/h9-12,16-17,20H,2-8,13-14H2,1H3;1H. The van der Waals surface area contributed by atoms with Crippen LogP contribution < -0.4 is 10.1 Å². The Bertz CT molecular complexity index is 515. The monoisotopic (exact) mass is 352 g/mol. The summed E-state index contributed by atoms with van der Waals surface area (Å²) in [5.41, 5.74) is 0.762. The number of piperidine rings is 1. The van der Waals surface area contributed by atoms with Crippen molar-refractivity contribution < 1.29 is 9.53 Å². The Kier molecular flexibility index (Phi) is 7.38. The number of carbonyl (C=O) groups excluding carboxylic acids is 1. The minimum Gasteiger partial charge on any atom is -0.490 e. The first-order valence-electron chi connectivity index (χ1n) is 8.99. The molecule has 24 heavy (non-hydrogen) atoms. The second-order valence-corrected chi connectivity index (χ2v) is 6.78. The summed E-state index contributed by atoms with van der Waals surface area (Å²) in [6.45, 7) is 1.66. The van der Waals surface area contributed by atoms with Gasteiger partial charge in [0.05, 0.1) is 6.10 Å². The molecule has 1 amide bonds. The summed E-state index contributed by atoms with van der Waals surface area (Å²) in [5, 5.41) is 3.28. The first-order chi connectivity index (χ1) is 11.3. The Morgan fingerprint density at radius 1 is 1.08 bits per heavy atom. The summed E-state index contributed by atoms with van der Waals surface area (Å²) in [6.07, 6.45) is 8.74. The van der Waals surface area contributed by atoms with Gasteiger partial charge in [-0.2, -0.15) is 0 Å². The SMILES string of the molecule is CNC1CCCN(C(=O)c2ccc(OC3CCCCC3)cc2)C1.Cl. The lowest BCUT2D eigenvalue weighted by Gasteiger charge is -2.32. The van der Waals surface area contributed by atoms with E-state index in [9.17, 15) is 4.79 Å². The molecule has 1 aliphatic heterocycles. The van der Waals surface area contributed by atoms with Gasteiger partial charge in [0.1, 0.15) is 5.75 Å². The number of halogens is 1. The van der Waals surface area contributed by atoms with Crippen LogP contribution in [0.2, 0.25) is 0 Å². The Morgan fingerprint density at radius 3 is 2.46 bits per heavy atom. The van der Waals surface area contributed by atoms with Crippen LogP contribution in [-0.4, -0.2) is 43.1 Å². The molecule has 0 spiro atoms. The van der Waals surface area contributed by atoms with Crippen molar-refractivity contribution >= 4 is 18.3 Å². The first kappa shape index (κ1) is 19.1. The van der Waals surface area contributed by atoms with Gasteiger partial charge in [0.15, 0.2) is 0 Å². The summed E-state index contributed by atoms with van der Waals surface area (Å²) in [4.78, 5) is 14.6. The van der Waals surface area contributed by atoms with Crippen LogP contribution in [0.25, 0.3) is 0 Å². The molecule has 0 bridgehead atoms. The average molecular weight is 353 g/mol. The fourth-order valence-corrected chi connectivity index (χ4v) is 3.63. The molecule has 1 saturated heterocycles. The van der Waals surface area contributed by atoms with Gasteiger partial charge in [-0.15, -0.1) is 12.4 Å². The molecule has 1 heterocycles. The maximum absolute atomic E-state index is 12.6. The normalized spacial score (nSPS) is 21.9. The Morgan fingerprint density at radius 2 is 1.79 bits per heavy atom. The molecule has 1 aromatic carbocycles. The second-order valence-electron chi connectivity index (χ2n) is 6.78. The number of nitrogens with zero attached hydrogens (tertiary/aromatic N) is 1. The van der Waals surface area contributed by atoms with Crippen LogP contribution in [0.3, 0.4) is 0 Å². The number of likely N-dealkylation sites (N-methyl/N-ethyl adjacent to an activating group) is 1. The lowest BCUT2D eigenvalue weighted by molar-refractivity contribution is 0.0698. The summed E-state index contributed by atoms with van der Waals surface area (Å²) >= 11 is 0. The zero-order chi connectivity index (χ0) is 16.1. The fraction of sp³-hybridized carbons (Fsp3) is 0.632. The van der Waals surface area contributed by atoms with Crippen molar-refractivity contribution in [2.24, 2.45) is 0 Å². The molecule has 2 fully saturated rings.